The van der Waals surface area contributed by atoms with Gasteiger partial charge in [0.05, 0.1) is 0 Å². The topological polar surface area (TPSA) is 0 Å². The third kappa shape index (κ3) is 8.01. The first-order chi connectivity index (χ1) is 36.0. The molecule has 0 saturated heterocycles. The lowest BCUT2D eigenvalue weighted by Crippen LogP contribution is -2.34. The Bertz CT molecular complexity index is 3580. The molecule has 0 N–H and O–H groups in total. The quantitative estimate of drug-likeness (QED) is 0.142. The average molecular weight is 1010 g/mol. The van der Waals surface area contributed by atoms with Crippen molar-refractivity contribution in [2.75, 3.05) is 0 Å². The lowest BCUT2D eigenvalue weighted by molar-refractivity contribution is 0.331. The fourth-order valence-electron chi connectivity index (χ4n) is 17.0. The predicted molar refractivity (Wildman–Crippen MR) is 331 cm³/mol. The molecule has 8 aromatic rings. The van der Waals surface area contributed by atoms with E-state index in [1.807, 2.05) is 0 Å². The fraction of sp³-hybridized carbons (Fsp3) is 0.429. The summed E-state index contributed by atoms with van der Waals surface area (Å²) in [6.07, 6.45) is 10.9. The Morgan fingerprint density at radius 3 is 0.688 bits per heavy atom. The van der Waals surface area contributed by atoms with E-state index < -0.39 is 0 Å². The largest absolute Gasteiger partial charge is 0.0616 e. The Labute approximate surface area is 463 Å². The molecule has 394 valence electrons. The van der Waals surface area contributed by atoms with Crippen molar-refractivity contribution in [1.82, 2.24) is 0 Å². The van der Waals surface area contributed by atoms with Gasteiger partial charge in [-0.3, -0.25) is 0 Å². The third-order valence-electron chi connectivity index (χ3n) is 21.3. The second-order valence-electron chi connectivity index (χ2n) is 30.9. The summed E-state index contributed by atoms with van der Waals surface area (Å²) in [5.74, 6) is 0. The van der Waals surface area contributed by atoms with Crippen LogP contribution in [0.4, 0.5) is 0 Å². The Balaban J connectivity index is 0.000000111. The summed E-state index contributed by atoms with van der Waals surface area (Å²) in [4.78, 5) is 0. The predicted octanol–water partition coefficient (Wildman–Crippen LogP) is 20.7. The van der Waals surface area contributed by atoms with Crippen molar-refractivity contribution in [3.8, 4) is 33.4 Å². The molecule has 0 spiro atoms. The average Bonchev–Trinajstić information content (AvgIpc) is 4.30. The van der Waals surface area contributed by atoms with Crippen LogP contribution in [0.1, 0.15) is 227 Å². The molecule has 0 bridgehead atoms. The molecule has 77 heavy (non-hydrogen) atoms. The van der Waals surface area contributed by atoms with Gasteiger partial charge in [0.15, 0.2) is 0 Å². The van der Waals surface area contributed by atoms with Gasteiger partial charge in [-0.15, -0.1) is 0 Å². The zero-order valence-electron chi connectivity index (χ0n) is 49.9. The van der Waals surface area contributed by atoms with Crippen LogP contribution >= 0.6 is 0 Å². The SMILES string of the molecule is CC1(C)CC(C)(C)c2cc3c(cc21)Cc1cc2c(cc1-3)C(C)(C)CC2(C)C.CC1(C)CCC(C)(C)c2cc3c(cc21)Cc1cc2c(cc1-3)C(C)(C)CCC2(C)C.c1ccc2cc3c(cc2c1)Cc1cc2ccccc2cc1-3. The molecule has 0 fully saturated rings. The van der Waals surface area contributed by atoms with Gasteiger partial charge in [-0.25, -0.2) is 0 Å². The zero-order chi connectivity index (χ0) is 54.4. The maximum atomic E-state index is 2.59. The molecule has 0 heteroatoms. The Morgan fingerprint density at radius 1 is 0.221 bits per heavy atom. The second kappa shape index (κ2) is 16.4. The van der Waals surface area contributed by atoms with E-state index in [1.165, 1.54) is 105 Å². The van der Waals surface area contributed by atoms with Crippen molar-refractivity contribution < 1.29 is 0 Å². The van der Waals surface area contributed by atoms with Gasteiger partial charge in [0.1, 0.15) is 0 Å². The summed E-state index contributed by atoms with van der Waals surface area (Å²) in [5.41, 5.74) is 33.0. The van der Waals surface area contributed by atoms with E-state index >= 15 is 0 Å². The molecule has 0 atom stereocenters. The third-order valence-corrected chi connectivity index (χ3v) is 21.3. The molecular formula is C77H86. The van der Waals surface area contributed by atoms with E-state index in [2.05, 4.69) is 232 Å². The molecule has 0 amide bonds. The number of rotatable bonds is 0. The molecule has 15 rings (SSSR count). The van der Waals surface area contributed by atoms with Gasteiger partial charge in [-0.05, 0) is 246 Å². The van der Waals surface area contributed by atoms with E-state index in [1.54, 1.807) is 66.8 Å². The molecule has 0 aromatic heterocycles. The van der Waals surface area contributed by atoms with E-state index in [0.29, 0.717) is 0 Å². The van der Waals surface area contributed by atoms with Crippen molar-refractivity contribution >= 4 is 21.5 Å². The van der Waals surface area contributed by atoms with Crippen LogP contribution < -0.4 is 0 Å². The van der Waals surface area contributed by atoms with Gasteiger partial charge < -0.3 is 0 Å². The summed E-state index contributed by atoms with van der Waals surface area (Å²) in [6, 6.07) is 47.3. The summed E-state index contributed by atoms with van der Waals surface area (Å²) < 4.78 is 0. The van der Waals surface area contributed by atoms with Crippen LogP contribution in [0.2, 0.25) is 0 Å². The molecule has 0 unspecified atom stereocenters. The second-order valence-corrected chi connectivity index (χ2v) is 30.9. The molecule has 0 heterocycles. The highest BCUT2D eigenvalue weighted by molar-refractivity contribution is 5.96. The van der Waals surface area contributed by atoms with Crippen LogP contribution in [-0.4, -0.2) is 0 Å². The summed E-state index contributed by atoms with van der Waals surface area (Å²) >= 11 is 0. The molecule has 0 nitrogen and oxygen atoms in total. The summed E-state index contributed by atoms with van der Waals surface area (Å²) in [7, 11) is 0. The van der Waals surface area contributed by atoms with Crippen LogP contribution in [0.5, 0.6) is 0 Å². The molecule has 0 saturated carbocycles. The minimum atomic E-state index is 0.272. The van der Waals surface area contributed by atoms with Crippen LogP contribution in [0.15, 0.2) is 121 Å². The molecule has 7 aliphatic carbocycles. The lowest BCUT2D eigenvalue weighted by Gasteiger charge is -2.42. The van der Waals surface area contributed by atoms with Crippen molar-refractivity contribution in [2.45, 2.75) is 212 Å². The molecule has 0 aliphatic heterocycles. The summed E-state index contributed by atoms with van der Waals surface area (Å²) in [6.45, 7) is 39.0. The zero-order valence-corrected chi connectivity index (χ0v) is 49.9. The smallest absolute Gasteiger partial charge is 0.00130 e. The number of fused-ring (bicyclic) bond motifs is 15. The van der Waals surface area contributed by atoms with Crippen molar-refractivity contribution in [3.05, 3.63) is 199 Å². The van der Waals surface area contributed by atoms with Crippen LogP contribution in [0.3, 0.4) is 0 Å². The van der Waals surface area contributed by atoms with Crippen molar-refractivity contribution in [3.63, 3.8) is 0 Å². The minimum Gasteiger partial charge on any atom is -0.0616 e. The molecular weight excluding hydrogens is 925 g/mol. The van der Waals surface area contributed by atoms with Gasteiger partial charge >= 0.3 is 0 Å². The number of hydrogen-bond donors (Lipinski definition) is 0. The van der Waals surface area contributed by atoms with Crippen molar-refractivity contribution in [2.24, 2.45) is 0 Å². The fourth-order valence-corrected chi connectivity index (χ4v) is 17.0. The van der Waals surface area contributed by atoms with Gasteiger partial charge in [-0.2, -0.15) is 0 Å². The number of benzene rings is 8. The minimum absolute atomic E-state index is 0.272. The molecule has 7 aliphatic rings. The first-order valence-corrected chi connectivity index (χ1v) is 29.8. The lowest BCUT2D eigenvalue weighted by atomic mass is 9.62. The highest BCUT2D eigenvalue weighted by Gasteiger charge is 2.46. The Kier molecular flexibility index (Phi) is 10.8. The Hall–Kier alpha value is -5.72. The standard InChI is InChI=1S/C29H38.C27H34.C21H14/c1-26(2)9-11-28(5,6)24-16-20-18(14-22(24)26)13-19-15-23-25(17-21(19)20)29(7,8)12-10-27(23,3)4;1-24(2)14-26(5,6)22-12-18-16(10-20(22)24)9-17-11-21-23(13-19(17)18)27(7,8)15-25(21,3)4;1-3-7-16-12-20-18(9-14(16)5-1)11-19-10-15-6-2-4-8-17(15)13-21(19)20/h14-17H,9-13H2,1-8H3;10-13H,9,14-15H2,1-8H3;1-10,12-13H,11H2. The van der Waals surface area contributed by atoms with Crippen LogP contribution in [-0.2, 0) is 62.6 Å². The van der Waals surface area contributed by atoms with Crippen LogP contribution in [0, 0.1) is 0 Å². The van der Waals surface area contributed by atoms with Gasteiger partial charge in [0.2, 0.25) is 0 Å². The number of hydrogen-bond acceptors (Lipinski definition) is 0. The highest BCUT2D eigenvalue weighted by Crippen LogP contribution is 2.57. The monoisotopic (exact) mass is 1010 g/mol. The first-order valence-electron chi connectivity index (χ1n) is 29.8. The first kappa shape index (κ1) is 50.8. The van der Waals surface area contributed by atoms with E-state index in [4.69, 9.17) is 0 Å². The van der Waals surface area contributed by atoms with Crippen molar-refractivity contribution in [1.29, 1.82) is 0 Å². The molecule has 0 radical (unpaired) electrons. The van der Waals surface area contributed by atoms with Gasteiger partial charge in [0, 0.05) is 0 Å². The highest BCUT2D eigenvalue weighted by atomic mass is 14.5. The van der Waals surface area contributed by atoms with E-state index in [0.717, 1.165) is 19.3 Å². The van der Waals surface area contributed by atoms with Gasteiger partial charge in [0.25, 0.3) is 0 Å². The summed E-state index contributed by atoms with van der Waals surface area (Å²) in [5, 5.41) is 5.34. The maximum Gasteiger partial charge on any atom is -0.00130 e. The maximum absolute atomic E-state index is 2.59. The molecule has 8 aromatic carbocycles. The van der Waals surface area contributed by atoms with Gasteiger partial charge in [-0.1, -0.05) is 220 Å². The normalized spacial score (nSPS) is 21.1. The van der Waals surface area contributed by atoms with Crippen LogP contribution in [0.25, 0.3) is 54.9 Å². The van der Waals surface area contributed by atoms with E-state index in [-0.39, 0.29) is 43.3 Å². The Morgan fingerprint density at radius 2 is 0.416 bits per heavy atom. The van der Waals surface area contributed by atoms with E-state index in [9.17, 15) is 0 Å².